The second-order valence-corrected chi connectivity index (χ2v) is 21.4. The van der Waals surface area contributed by atoms with E-state index in [4.69, 9.17) is 0 Å². The molecular weight excluding hydrogens is 697 g/mol. The van der Waals surface area contributed by atoms with Crippen LogP contribution in [0.5, 0.6) is 0 Å². The number of nitrogens with zero attached hydrogens (tertiary/aromatic N) is 1. The Kier molecular flexibility index (Phi) is 12.7. The maximum atomic E-state index is 2.49. The topological polar surface area (TPSA) is 3.24 Å². The Morgan fingerprint density at radius 2 is 1.13 bits per heavy atom. The zero-order chi connectivity index (χ0) is 30.6. The van der Waals surface area contributed by atoms with Crippen LogP contribution in [0.4, 0.5) is 11.4 Å². The molecule has 7 aromatic rings. The summed E-state index contributed by atoms with van der Waals surface area (Å²) in [4.78, 5) is 2.49. The number of fused-ring (bicyclic) bond motifs is 4. The summed E-state index contributed by atoms with van der Waals surface area (Å²) in [5, 5.41) is 8.02. The molecule has 0 spiro atoms. The molecular formula is C41H39Cl2NSiZr-2. The predicted octanol–water partition coefficient (Wildman–Crippen LogP) is 5.43. The molecule has 0 atom stereocenters. The minimum absolute atomic E-state index is 0. The van der Waals surface area contributed by atoms with Gasteiger partial charge in [0.1, 0.15) is 0 Å². The van der Waals surface area contributed by atoms with Gasteiger partial charge in [-0.15, -0.1) is 69.1 Å². The van der Waals surface area contributed by atoms with Gasteiger partial charge in [-0.2, -0.15) is 12.1 Å². The SMILES string of the molecule is C[Si](C)=[Zr+2].Cc1cc2c(-c3cccc4ccccc34)cccc2[cH-]1.Cc1cc2c(N3CCCc4ccccc43)cccc2[cH-]1.[Cl-].[Cl-]. The third-order valence-electron chi connectivity index (χ3n) is 8.25. The molecule has 1 nitrogen and oxygen atoms in total. The van der Waals surface area contributed by atoms with Crippen LogP contribution in [0, 0.1) is 13.8 Å². The quantitative estimate of drug-likeness (QED) is 0.169. The van der Waals surface area contributed by atoms with Gasteiger partial charge in [0, 0.05) is 12.2 Å². The Morgan fingerprint density at radius 3 is 1.87 bits per heavy atom. The zero-order valence-electron chi connectivity index (χ0n) is 26.9. The van der Waals surface area contributed by atoms with Crippen LogP contribution in [-0.4, -0.2) is 12.0 Å². The first kappa shape index (κ1) is 35.9. The molecule has 232 valence electrons. The van der Waals surface area contributed by atoms with E-state index in [1.54, 1.807) is 23.3 Å². The van der Waals surface area contributed by atoms with Crippen molar-refractivity contribution in [3.05, 3.63) is 144 Å². The molecule has 1 aliphatic heterocycles. The smallest absolute Gasteiger partial charge is 0.0436 e. The second-order valence-electron chi connectivity index (χ2n) is 12.1. The predicted molar refractivity (Wildman–Crippen MR) is 191 cm³/mol. The molecule has 0 aliphatic carbocycles. The largest absolute Gasteiger partial charge is 1.00 e. The van der Waals surface area contributed by atoms with Crippen molar-refractivity contribution < 1.29 is 48.1 Å². The average Bonchev–Trinajstić information content (AvgIpc) is 3.61. The fourth-order valence-electron chi connectivity index (χ4n) is 6.47. The minimum Gasteiger partial charge on any atom is -1.00 e. The first-order valence-electron chi connectivity index (χ1n) is 15.6. The summed E-state index contributed by atoms with van der Waals surface area (Å²) in [6.07, 6.45) is 2.43. The van der Waals surface area contributed by atoms with E-state index in [1.807, 2.05) is 0 Å². The van der Waals surface area contributed by atoms with Gasteiger partial charge < -0.3 is 29.7 Å². The summed E-state index contributed by atoms with van der Waals surface area (Å²) in [6, 6.07) is 46.3. The molecule has 0 N–H and O–H groups in total. The number of para-hydroxylation sites is 1. The maximum Gasteiger partial charge on any atom is 0.0436 e. The molecule has 0 bridgehead atoms. The van der Waals surface area contributed by atoms with E-state index in [1.165, 1.54) is 84.4 Å². The molecule has 0 saturated carbocycles. The van der Waals surface area contributed by atoms with Gasteiger partial charge in [-0.25, -0.2) is 0 Å². The van der Waals surface area contributed by atoms with Crippen molar-refractivity contribution in [1.29, 1.82) is 0 Å². The molecule has 0 amide bonds. The number of hydrogen-bond donors (Lipinski definition) is 0. The summed E-state index contributed by atoms with van der Waals surface area (Å²) < 4.78 is 0. The van der Waals surface area contributed by atoms with Gasteiger partial charge in [0.15, 0.2) is 0 Å². The fourth-order valence-corrected chi connectivity index (χ4v) is 6.47. The van der Waals surface area contributed by atoms with Crippen LogP contribution < -0.4 is 29.7 Å². The van der Waals surface area contributed by atoms with E-state index in [-0.39, 0.29) is 30.2 Å². The Hall–Kier alpha value is -2.94. The van der Waals surface area contributed by atoms with Crippen molar-refractivity contribution in [2.75, 3.05) is 11.4 Å². The molecule has 0 radical (unpaired) electrons. The first-order valence-corrected chi connectivity index (χ1v) is 21.8. The van der Waals surface area contributed by atoms with E-state index in [2.05, 4.69) is 159 Å². The van der Waals surface area contributed by atoms with Gasteiger partial charge in [-0.1, -0.05) is 92.2 Å². The van der Waals surface area contributed by atoms with Gasteiger partial charge in [-0.3, -0.25) is 0 Å². The van der Waals surface area contributed by atoms with Crippen LogP contribution >= 0.6 is 0 Å². The normalized spacial score (nSPS) is 11.8. The van der Waals surface area contributed by atoms with Crippen LogP contribution in [0.2, 0.25) is 13.1 Å². The maximum absolute atomic E-state index is 2.49. The van der Waals surface area contributed by atoms with Crippen molar-refractivity contribution in [3.8, 4) is 11.1 Å². The van der Waals surface area contributed by atoms with Crippen molar-refractivity contribution in [2.24, 2.45) is 0 Å². The summed E-state index contributed by atoms with van der Waals surface area (Å²) in [5.41, 5.74) is 9.73. The Morgan fingerprint density at radius 1 is 0.609 bits per heavy atom. The molecule has 0 aromatic heterocycles. The molecule has 1 aliphatic rings. The van der Waals surface area contributed by atoms with E-state index in [0.29, 0.717) is 0 Å². The van der Waals surface area contributed by atoms with Crippen molar-refractivity contribution in [1.82, 2.24) is 0 Å². The second kappa shape index (κ2) is 16.2. The third kappa shape index (κ3) is 7.95. The third-order valence-corrected chi connectivity index (χ3v) is 8.25. The van der Waals surface area contributed by atoms with E-state index in [0.717, 1.165) is 6.54 Å². The number of anilines is 2. The molecule has 46 heavy (non-hydrogen) atoms. The Labute approximate surface area is 301 Å². The van der Waals surface area contributed by atoms with Crippen LogP contribution in [0.25, 0.3) is 43.4 Å². The standard InChI is InChI=1S/C20H15.C19H18N.C2H6Si.2ClH.Zr/c1-14-12-16-8-5-11-19(20(16)13-14)18-10-4-7-15-6-2-3-9-17(15)18;1-14-12-16-7-4-10-19(17(16)13-14)20-11-5-8-15-6-2-3-9-18(15)20;1-3-2;;;/h2-13H,1H3;2-4,6-7,9-10,12-13H,5,8,11H2,1H3;1-2H3;2*1H;/q2*-1;;;;+2/p-2. The van der Waals surface area contributed by atoms with Crippen LogP contribution in [0.15, 0.2) is 127 Å². The molecule has 0 unspecified atom stereocenters. The number of halogens is 2. The van der Waals surface area contributed by atoms with Gasteiger partial charge >= 0.3 is 41.9 Å². The van der Waals surface area contributed by atoms with Crippen LogP contribution in [0.3, 0.4) is 0 Å². The molecule has 1 heterocycles. The number of rotatable bonds is 2. The molecule has 0 saturated heterocycles. The van der Waals surface area contributed by atoms with E-state index >= 15 is 0 Å². The van der Waals surface area contributed by atoms with Gasteiger partial charge in [0.2, 0.25) is 0 Å². The molecule has 5 heteroatoms. The summed E-state index contributed by atoms with van der Waals surface area (Å²) in [6.45, 7) is 10.1. The van der Waals surface area contributed by atoms with Gasteiger partial charge in [-0.05, 0) is 46.5 Å². The molecule has 7 aromatic carbocycles. The van der Waals surface area contributed by atoms with Crippen molar-refractivity contribution >= 4 is 49.1 Å². The fraction of sp³-hybridized carbons (Fsp3) is 0.171. The van der Waals surface area contributed by atoms with Crippen LogP contribution in [-0.2, 0) is 29.8 Å². The van der Waals surface area contributed by atoms with Gasteiger partial charge in [0.05, 0.1) is 0 Å². The number of hydrogen-bond acceptors (Lipinski definition) is 1. The molecule has 0 fully saturated rings. The average molecular weight is 736 g/mol. The summed E-state index contributed by atoms with van der Waals surface area (Å²) in [7, 11) is 0. The molecule has 8 rings (SSSR count). The number of benzene rings is 5. The van der Waals surface area contributed by atoms with Crippen molar-refractivity contribution in [3.63, 3.8) is 0 Å². The minimum atomic E-state index is 0. The first-order chi connectivity index (χ1) is 21.4. The monoisotopic (exact) mass is 733 g/mol. The van der Waals surface area contributed by atoms with E-state index in [9.17, 15) is 0 Å². The van der Waals surface area contributed by atoms with Crippen molar-refractivity contribution in [2.45, 2.75) is 39.8 Å². The zero-order valence-corrected chi connectivity index (χ0v) is 31.9. The van der Waals surface area contributed by atoms with Crippen LogP contribution in [0.1, 0.15) is 23.1 Å². The number of aryl methyl sites for hydroxylation is 3. The Bertz CT molecular complexity index is 2080. The summed E-state index contributed by atoms with van der Waals surface area (Å²) in [5.74, 6) is 0. The van der Waals surface area contributed by atoms with Gasteiger partial charge in [0.25, 0.3) is 0 Å². The Balaban J connectivity index is 0.000000180. The summed E-state index contributed by atoms with van der Waals surface area (Å²) >= 11 is 1.74. The van der Waals surface area contributed by atoms with E-state index < -0.39 is 0 Å².